The first-order valence-electron chi connectivity index (χ1n) is 8.11. The van der Waals surface area contributed by atoms with Crippen LogP contribution in [0.15, 0.2) is 42.5 Å². The number of nitrogens with one attached hydrogen (secondary N) is 1. The Balaban J connectivity index is 1.35. The number of carbonyl (C=O) groups excluding carboxylic acids is 1. The molecule has 0 atom stereocenters. The van der Waals surface area contributed by atoms with Crippen LogP contribution in [0.2, 0.25) is 0 Å². The third-order valence-electron chi connectivity index (χ3n) is 3.84. The molecule has 1 aliphatic rings. The minimum atomic E-state index is -3.68. The molecule has 0 fully saturated rings. The number of halogens is 2. The highest BCUT2D eigenvalue weighted by atomic mass is 32.1. The van der Waals surface area contributed by atoms with Gasteiger partial charge in [-0.25, -0.2) is 4.98 Å². The maximum atomic E-state index is 13.0. The first kappa shape index (κ1) is 17.6. The Morgan fingerprint density at radius 1 is 1.22 bits per heavy atom. The van der Waals surface area contributed by atoms with E-state index in [9.17, 15) is 13.6 Å². The Morgan fingerprint density at radius 2 is 2.00 bits per heavy atom. The number of nitrogens with zero attached hydrogens (tertiary/aromatic N) is 2. The van der Waals surface area contributed by atoms with Gasteiger partial charge in [0.15, 0.2) is 11.5 Å². The molecule has 0 saturated carbocycles. The quantitative estimate of drug-likeness (QED) is 0.719. The van der Waals surface area contributed by atoms with E-state index in [2.05, 4.69) is 19.8 Å². The molecule has 27 heavy (non-hydrogen) atoms. The summed E-state index contributed by atoms with van der Waals surface area (Å²) < 4.78 is 35.9. The summed E-state index contributed by atoms with van der Waals surface area (Å²) in [6.07, 6.45) is -3.68. The van der Waals surface area contributed by atoms with E-state index < -0.39 is 6.29 Å². The fourth-order valence-electron chi connectivity index (χ4n) is 2.75. The molecule has 2 aromatic carbocycles. The number of anilines is 1. The zero-order valence-electron chi connectivity index (χ0n) is 14.2. The molecule has 1 amide bonds. The van der Waals surface area contributed by atoms with E-state index in [-0.39, 0.29) is 24.0 Å². The van der Waals surface area contributed by atoms with Crippen LogP contribution in [0.3, 0.4) is 0 Å². The van der Waals surface area contributed by atoms with E-state index in [0.29, 0.717) is 12.2 Å². The molecule has 9 heteroatoms. The third-order valence-corrected chi connectivity index (χ3v) is 4.86. The Kier molecular flexibility index (Phi) is 4.40. The first-order chi connectivity index (χ1) is 12.9. The Bertz CT molecular complexity index is 975. The summed E-state index contributed by atoms with van der Waals surface area (Å²) in [4.78, 5) is 18.6. The summed E-state index contributed by atoms with van der Waals surface area (Å²) in [6.45, 7) is 0.653. The lowest BCUT2D eigenvalue weighted by molar-refractivity contribution is -0.286. The highest BCUT2D eigenvalue weighted by Gasteiger charge is 2.43. The fourth-order valence-corrected chi connectivity index (χ4v) is 3.79. The predicted octanol–water partition coefficient (Wildman–Crippen LogP) is 3.69. The summed E-state index contributed by atoms with van der Waals surface area (Å²) in [5.74, 6) is -0.448. The zero-order chi connectivity index (χ0) is 19.0. The summed E-state index contributed by atoms with van der Waals surface area (Å²) in [6, 6.07) is 12.0. The lowest BCUT2D eigenvalue weighted by Gasteiger charge is -2.14. The van der Waals surface area contributed by atoms with Crippen LogP contribution >= 0.6 is 11.3 Å². The van der Waals surface area contributed by atoms with Crippen molar-refractivity contribution in [1.29, 1.82) is 0 Å². The zero-order valence-corrected chi connectivity index (χ0v) is 15.1. The van der Waals surface area contributed by atoms with Gasteiger partial charge < -0.3 is 14.8 Å². The fraction of sp³-hybridized carbons (Fsp3) is 0.222. The normalized spacial score (nSPS) is 14.7. The van der Waals surface area contributed by atoms with Crippen LogP contribution in [-0.2, 0) is 11.3 Å². The molecule has 1 aromatic heterocycles. The Morgan fingerprint density at radius 3 is 2.81 bits per heavy atom. The number of benzene rings is 2. The number of likely N-dealkylation sites (N-methyl/N-ethyl adjacent to an activating group) is 1. The maximum Gasteiger partial charge on any atom is 0.586 e. The molecule has 0 bridgehead atoms. The SMILES string of the molecule is CN(CC(=O)Nc1ccc2c(c1)OC(F)(F)O2)Cc1nc2ccccc2s1. The minimum absolute atomic E-state index is 0.0639. The standard InChI is InChI=1S/C18H15F2N3O3S/c1-23(10-17-22-12-4-2-3-5-15(12)27-17)9-16(24)21-11-6-7-13-14(8-11)26-18(19,20)25-13/h2-8H,9-10H2,1H3,(H,21,24). The van der Waals surface area contributed by atoms with Crippen molar-refractivity contribution < 1.29 is 23.0 Å². The molecule has 3 aromatic rings. The average Bonchev–Trinajstić information content (AvgIpc) is 3.11. The van der Waals surface area contributed by atoms with Gasteiger partial charge in [0, 0.05) is 11.8 Å². The highest BCUT2D eigenvalue weighted by Crippen LogP contribution is 2.42. The van der Waals surface area contributed by atoms with Gasteiger partial charge in [0.25, 0.3) is 0 Å². The topological polar surface area (TPSA) is 63.7 Å². The van der Waals surface area contributed by atoms with Gasteiger partial charge in [0.05, 0.1) is 23.3 Å². The monoisotopic (exact) mass is 391 g/mol. The van der Waals surface area contributed by atoms with Gasteiger partial charge in [0.2, 0.25) is 5.91 Å². The second-order valence-electron chi connectivity index (χ2n) is 6.12. The van der Waals surface area contributed by atoms with Crippen molar-refractivity contribution in [3.8, 4) is 11.5 Å². The number of fused-ring (bicyclic) bond motifs is 2. The van der Waals surface area contributed by atoms with Gasteiger partial charge in [-0.3, -0.25) is 9.69 Å². The molecule has 0 unspecified atom stereocenters. The second-order valence-corrected chi connectivity index (χ2v) is 7.24. The number of carbonyl (C=O) groups is 1. The van der Waals surface area contributed by atoms with Crippen molar-refractivity contribution in [3.05, 3.63) is 47.5 Å². The van der Waals surface area contributed by atoms with E-state index in [1.54, 1.807) is 11.3 Å². The van der Waals surface area contributed by atoms with Gasteiger partial charge in [-0.1, -0.05) is 12.1 Å². The number of para-hydroxylation sites is 1. The lowest BCUT2D eigenvalue weighted by Crippen LogP contribution is -2.29. The summed E-state index contributed by atoms with van der Waals surface area (Å²) in [5, 5.41) is 3.58. The summed E-state index contributed by atoms with van der Waals surface area (Å²) in [5.41, 5.74) is 1.29. The van der Waals surface area contributed by atoms with Crippen LogP contribution in [0.25, 0.3) is 10.2 Å². The molecule has 0 saturated heterocycles. The van der Waals surface area contributed by atoms with Crippen LogP contribution in [0, 0.1) is 0 Å². The van der Waals surface area contributed by atoms with Crippen molar-refractivity contribution in [2.75, 3.05) is 18.9 Å². The van der Waals surface area contributed by atoms with Gasteiger partial charge in [-0.2, -0.15) is 0 Å². The van der Waals surface area contributed by atoms with Crippen LogP contribution in [0.5, 0.6) is 11.5 Å². The number of aromatic nitrogens is 1. The average molecular weight is 391 g/mol. The van der Waals surface area contributed by atoms with Crippen molar-refractivity contribution in [2.24, 2.45) is 0 Å². The molecule has 6 nitrogen and oxygen atoms in total. The highest BCUT2D eigenvalue weighted by molar-refractivity contribution is 7.18. The third kappa shape index (κ3) is 3.99. The number of thiazole rings is 1. The molecule has 1 N–H and O–H groups in total. The van der Waals surface area contributed by atoms with E-state index in [4.69, 9.17) is 0 Å². The molecule has 0 spiro atoms. The van der Waals surface area contributed by atoms with Gasteiger partial charge in [0.1, 0.15) is 5.01 Å². The molecule has 140 valence electrons. The second kappa shape index (κ2) is 6.75. The molecule has 1 aliphatic heterocycles. The van der Waals surface area contributed by atoms with Crippen LogP contribution in [0.1, 0.15) is 5.01 Å². The van der Waals surface area contributed by atoms with E-state index in [1.165, 1.54) is 18.2 Å². The van der Waals surface area contributed by atoms with Gasteiger partial charge >= 0.3 is 6.29 Å². The van der Waals surface area contributed by atoms with Crippen LogP contribution in [-0.4, -0.2) is 35.7 Å². The first-order valence-corrected chi connectivity index (χ1v) is 8.92. The van der Waals surface area contributed by atoms with Crippen LogP contribution < -0.4 is 14.8 Å². The number of hydrogen-bond acceptors (Lipinski definition) is 6. The van der Waals surface area contributed by atoms with E-state index in [1.807, 2.05) is 36.2 Å². The Hall–Kier alpha value is -2.78. The predicted molar refractivity (Wildman–Crippen MR) is 97.2 cm³/mol. The maximum absolute atomic E-state index is 13.0. The summed E-state index contributed by atoms with van der Waals surface area (Å²) >= 11 is 1.58. The number of amides is 1. The molecule has 0 radical (unpaired) electrons. The number of hydrogen-bond donors (Lipinski definition) is 1. The van der Waals surface area contributed by atoms with Crippen molar-refractivity contribution in [2.45, 2.75) is 12.8 Å². The van der Waals surface area contributed by atoms with Crippen LogP contribution in [0.4, 0.5) is 14.5 Å². The number of ether oxygens (including phenoxy) is 2. The summed E-state index contributed by atoms with van der Waals surface area (Å²) in [7, 11) is 1.81. The van der Waals surface area contributed by atoms with Crippen molar-refractivity contribution in [1.82, 2.24) is 9.88 Å². The Labute approximate surface area is 157 Å². The molecular formula is C18H15F2N3O3S. The van der Waals surface area contributed by atoms with E-state index >= 15 is 0 Å². The van der Waals surface area contributed by atoms with Gasteiger partial charge in [-0.15, -0.1) is 20.1 Å². The molecule has 2 heterocycles. The molecular weight excluding hydrogens is 376 g/mol. The van der Waals surface area contributed by atoms with Crippen molar-refractivity contribution in [3.63, 3.8) is 0 Å². The van der Waals surface area contributed by atoms with Gasteiger partial charge in [-0.05, 0) is 31.3 Å². The van der Waals surface area contributed by atoms with Crippen molar-refractivity contribution >= 4 is 33.1 Å². The molecule has 0 aliphatic carbocycles. The van der Waals surface area contributed by atoms with E-state index in [0.717, 1.165) is 15.2 Å². The minimum Gasteiger partial charge on any atom is -0.395 e. The largest absolute Gasteiger partial charge is 0.586 e. The number of rotatable bonds is 5. The molecule has 4 rings (SSSR count). The lowest BCUT2D eigenvalue weighted by atomic mass is 10.2. The smallest absolute Gasteiger partial charge is 0.395 e. The number of alkyl halides is 2.